The van der Waals surface area contributed by atoms with Gasteiger partial charge in [0.1, 0.15) is 0 Å². The number of hydrogen-bond acceptors (Lipinski definition) is 2. The van der Waals surface area contributed by atoms with E-state index in [0.29, 0.717) is 0 Å². The fourth-order valence-corrected chi connectivity index (χ4v) is 2.40. The van der Waals surface area contributed by atoms with Gasteiger partial charge in [0.05, 0.1) is 0 Å². The van der Waals surface area contributed by atoms with E-state index in [4.69, 9.17) is 0 Å². The van der Waals surface area contributed by atoms with Gasteiger partial charge < -0.3 is 0 Å². The predicted octanol–water partition coefficient (Wildman–Crippen LogP) is 3.02. The summed E-state index contributed by atoms with van der Waals surface area (Å²) in [5.41, 5.74) is 0. The zero-order chi connectivity index (χ0) is 11.1. The summed E-state index contributed by atoms with van der Waals surface area (Å²) in [5, 5.41) is 13.1. The van der Waals surface area contributed by atoms with Crippen molar-refractivity contribution in [2.45, 2.75) is 51.4 Å². The highest BCUT2D eigenvalue weighted by molar-refractivity contribution is 4.60. The zero-order valence-electron chi connectivity index (χ0n) is 10.3. The molecule has 0 aromatic rings. The van der Waals surface area contributed by atoms with Crippen LogP contribution in [0.4, 0.5) is 0 Å². The number of nitrogens with zero attached hydrogens (tertiary/aromatic N) is 4. The van der Waals surface area contributed by atoms with E-state index in [2.05, 4.69) is 20.5 Å². The van der Waals surface area contributed by atoms with Crippen molar-refractivity contribution < 1.29 is 0 Å². The van der Waals surface area contributed by atoms with Crippen LogP contribution in [0.1, 0.15) is 51.4 Å². The van der Waals surface area contributed by atoms with Crippen molar-refractivity contribution in [2.24, 2.45) is 10.4 Å². The van der Waals surface area contributed by atoms with Gasteiger partial charge in [-0.3, -0.25) is 10.0 Å². The molecule has 0 amide bonds. The smallest absolute Gasteiger partial charge is 0.0377 e. The molecule has 2 saturated heterocycles. The van der Waals surface area contributed by atoms with Crippen LogP contribution in [0.15, 0.2) is 10.4 Å². The first-order valence-corrected chi connectivity index (χ1v) is 6.86. The number of hydrogen-bond donors (Lipinski definition) is 0. The van der Waals surface area contributed by atoms with Crippen LogP contribution in [0.3, 0.4) is 0 Å². The molecule has 4 nitrogen and oxygen atoms in total. The first kappa shape index (κ1) is 11.7. The molecular formula is C12H24N4. The fourth-order valence-electron chi connectivity index (χ4n) is 2.40. The van der Waals surface area contributed by atoms with Gasteiger partial charge in [-0.05, 0) is 25.7 Å². The van der Waals surface area contributed by atoms with Crippen LogP contribution in [0, 0.1) is 0 Å². The molecule has 16 heavy (non-hydrogen) atoms. The molecule has 0 radical (unpaired) electrons. The van der Waals surface area contributed by atoms with E-state index in [1.165, 1.54) is 51.4 Å². The molecule has 0 aromatic heterocycles. The summed E-state index contributed by atoms with van der Waals surface area (Å²) in [6, 6.07) is 0. The van der Waals surface area contributed by atoms with Crippen molar-refractivity contribution in [1.82, 2.24) is 10.0 Å². The average molecular weight is 224 g/mol. The largest absolute Gasteiger partial charge is 0.277 e. The van der Waals surface area contributed by atoms with E-state index in [-0.39, 0.29) is 0 Å². The molecule has 2 heterocycles. The van der Waals surface area contributed by atoms with Crippen LogP contribution in [-0.4, -0.2) is 36.2 Å². The van der Waals surface area contributed by atoms with Crippen molar-refractivity contribution in [3.63, 3.8) is 0 Å². The summed E-state index contributed by atoms with van der Waals surface area (Å²) in [6.45, 7) is 4.38. The lowest BCUT2D eigenvalue weighted by atomic mass is 10.2. The lowest BCUT2D eigenvalue weighted by Crippen LogP contribution is -2.22. The lowest BCUT2D eigenvalue weighted by Gasteiger charge is -2.18. The van der Waals surface area contributed by atoms with Gasteiger partial charge in [-0.2, -0.15) is 0 Å². The van der Waals surface area contributed by atoms with Crippen LogP contribution >= 0.6 is 0 Å². The maximum atomic E-state index is 4.39. The maximum Gasteiger partial charge on any atom is 0.0377 e. The van der Waals surface area contributed by atoms with Gasteiger partial charge in [-0.25, -0.2) is 0 Å². The Balaban J connectivity index is 1.76. The fraction of sp³-hybridized carbons (Fsp3) is 1.00. The van der Waals surface area contributed by atoms with Gasteiger partial charge >= 0.3 is 0 Å². The van der Waals surface area contributed by atoms with Gasteiger partial charge in [0.2, 0.25) is 0 Å². The first-order valence-electron chi connectivity index (χ1n) is 6.86. The van der Waals surface area contributed by atoms with Gasteiger partial charge in [0, 0.05) is 26.2 Å². The Hall–Kier alpha value is -0.800. The average Bonchev–Trinajstić information content (AvgIpc) is 2.71. The molecule has 2 aliphatic rings. The Labute approximate surface area is 98.6 Å². The van der Waals surface area contributed by atoms with Crippen LogP contribution in [0.2, 0.25) is 0 Å². The predicted molar refractivity (Wildman–Crippen MR) is 64.9 cm³/mol. The normalized spacial score (nSPS) is 24.5. The van der Waals surface area contributed by atoms with Crippen molar-refractivity contribution in [2.75, 3.05) is 26.2 Å². The van der Waals surface area contributed by atoms with Crippen LogP contribution in [-0.2, 0) is 0 Å². The number of rotatable bonds is 2. The zero-order valence-corrected chi connectivity index (χ0v) is 10.3. The van der Waals surface area contributed by atoms with Crippen molar-refractivity contribution >= 4 is 0 Å². The second-order valence-electron chi connectivity index (χ2n) is 4.91. The topological polar surface area (TPSA) is 31.2 Å². The van der Waals surface area contributed by atoms with E-state index >= 15 is 0 Å². The third kappa shape index (κ3) is 3.99. The summed E-state index contributed by atoms with van der Waals surface area (Å²) in [7, 11) is 0. The molecule has 0 atom stereocenters. The summed E-state index contributed by atoms with van der Waals surface area (Å²) >= 11 is 0. The van der Waals surface area contributed by atoms with Gasteiger partial charge in [0.15, 0.2) is 0 Å². The molecule has 0 spiro atoms. The molecule has 0 aromatic carbocycles. The molecular weight excluding hydrogens is 200 g/mol. The van der Waals surface area contributed by atoms with Crippen LogP contribution in [0.25, 0.3) is 0 Å². The van der Waals surface area contributed by atoms with E-state index in [0.717, 1.165) is 26.2 Å². The quantitative estimate of drug-likeness (QED) is 0.675. The molecule has 0 unspecified atom stereocenters. The van der Waals surface area contributed by atoms with Gasteiger partial charge in [-0.1, -0.05) is 36.1 Å². The molecule has 0 aliphatic carbocycles. The third-order valence-electron chi connectivity index (χ3n) is 3.46. The Morgan fingerprint density at radius 3 is 1.06 bits per heavy atom. The van der Waals surface area contributed by atoms with Crippen LogP contribution in [0.5, 0.6) is 0 Å². The Bertz CT molecular complexity index is 179. The Kier molecular flexibility index (Phi) is 4.90. The molecule has 4 heteroatoms. The summed E-state index contributed by atoms with van der Waals surface area (Å²) < 4.78 is 0. The summed E-state index contributed by atoms with van der Waals surface area (Å²) in [4.78, 5) is 0. The molecule has 0 saturated carbocycles. The Morgan fingerprint density at radius 1 is 0.438 bits per heavy atom. The highest BCUT2D eigenvalue weighted by atomic mass is 15.7. The van der Waals surface area contributed by atoms with Crippen molar-refractivity contribution in [1.29, 1.82) is 0 Å². The van der Waals surface area contributed by atoms with E-state index < -0.39 is 0 Å². The highest BCUT2D eigenvalue weighted by Crippen LogP contribution is 2.12. The summed E-state index contributed by atoms with van der Waals surface area (Å²) in [5.74, 6) is 0. The Morgan fingerprint density at radius 2 is 0.750 bits per heavy atom. The molecule has 2 aliphatic heterocycles. The second-order valence-corrected chi connectivity index (χ2v) is 4.91. The molecule has 0 bridgehead atoms. The monoisotopic (exact) mass is 224 g/mol. The van der Waals surface area contributed by atoms with Crippen molar-refractivity contribution in [3.8, 4) is 0 Å². The lowest BCUT2D eigenvalue weighted by molar-refractivity contribution is 0.205. The second kappa shape index (κ2) is 6.71. The van der Waals surface area contributed by atoms with Gasteiger partial charge in [-0.15, -0.1) is 0 Å². The van der Waals surface area contributed by atoms with E-state index in [9.17, 15) is 0 Å². The van der Waals surface area contributed by atoms with Crippen molar-refractivity contribution in [3.05, 3.63) is 0 Å². The molecule has 92 valence electrons. The standard InChI is InChI=1S/C12H24N4/c1-2-6-10-15(9-5-1)13-14-16-11-7-3-4-8-12-16/h1-12H2. The molecule has 2 fully saturated rings. The van der Waals surface area contributed by atoms with E-state index in [1.54, 1.807) is 0 Å². The minimum absolute atomic E-state index is 1.09. The third-order valence-corrected chi connectivity index (χ3v) is 3.46. The first-order chi connectivity index (χ1) is 7.95. The van der Waals surface area contributed by atoms with E-state index in [1.807, 2.05) is 0 Å². The molecule has 2 rings (SSSR count). The van der Waals surface area contributed by atoms with Gasteiger partial charge in [0.25, 0.3) is 0 Å². The van der Waals surface area contributed by atoms with Crippen LogP contribution < -0.4 is 0 Å². The molecule has 0 N–H and O–H groups in total. The minimum atomic E-state index is 1.09. The maximum absolute atomic E-state index is 4.39. The SMILES string of the molecule is C1CCCN(N=NN2CCCCCC2)CC1. The highest BCUT2D eigenvalue weighted by Gasteiger charge is 2.09. The minimum Gasteiger partial charge on any atom is -0.277 e. The summed E-state index contributed by atoms with van der Waals surface area (Å²) in [6.07, 6.45) is 10.5.